The van der Waals surface area contributed by atoms with E-state index < -0.39 is 27.8 Å². The fourth-order valence-corrected chi connectivity index (χ4v) is 4.61. The zero-order valence-corrected chi connectivity index (χ0v) is 20.2. The maximum atomic E-state index is 13.0. The van der Waals surface area contributed by atoms with Gasteiger partial charge in [-0.05, 0) is 67.4 Å². The van der Waals surface area contributed by atoms with Gasteiger partial charge in [-0.2, -0.15) is 0 Å². The van der Waals surface area contributed by atoms with Crippen molar-refractivity contribution in [3.63, 3.8) is 0 Å². The summed E-state index contributed by atoms with van der Waals surface area (Å²) in [5, 5.41) is 5.11. The summed E-state index contributed by atoms with van der Waals surface area (Å²) in [6, 6.07) is 17.4. The Morgan fingerprint density at radius 1 is 0.886 bits per heavy atom. The Morgan fingerprint density at radius 2 is 1.57 bits per heavy atom. The largest absolute Gasteiger partial charge is 0.468 e. The molecule has 0 fully saturated rings. The maximum Gasteiger partial charge on any atom is 0.325 e. The third kappa shape index (κ3) is 6.45. The lowest BCUT2D eigenvalue weighted by atomic mass is 10.1. The minimum Gasteiger partial charge on any atom is -0.468 e. The first kappa shape index (κ1) is 25.4. The van der Waals surface area contributed by atoms with Crippen LogP contribution in [0.15, 0.2) is 71.6 Å². The molecule has 0 saturated heterocycles. The van der Waals surface area contributed by atoms with Crippen molar-refractivity contribution in [2.45, 2.75) is 18.7 Å². The molecular formula is C25H25N3O6S. The van der Waals surface area contributed by atoms with Gasteiger partial charge in [0.25, 0.3) is 21.8 Å². The highest BCUT2D eigenvalue weighted by molar-refractivity contribution is 7.92. The van der Waals surface area contributed by atoms with E-state index in [4.69, 9.17) is 0 Å². The van der Waals surface area contributed by atoms with Gasteiger partial charge >= 0.3 is 5.97 Å². The lowest BCUT2D eigenvalue weighted by Gasteiger charge is -2.14. The summed E-state index contributed by atoms with van der Waals surface area (Å²) in [6.07, 6.45) is 0. The van der Waals surface area contributed by atoms with Gasteiger partial charge in [0.15, 0.2) is 0 Å². The second-order valence-electron chi connectivity index (χ2n) is 7.71. The minimum atomic E-state index is -3.93. The van der Waals surface area contributed by atoms with Gasteiger partial charge < -0.3 is 15.4 Å². The van der Waals surface area contributed by atoms with Crippen molar-refractivity contribution in [1.82, 2.24) is 5.32 Å². The molecule has 0 heterocycles. The average molecular weight is 496 g/mol. The molecule has 35 heavy (non-hydrogen) atoms. The highest BCUT2D eigenvalue weighted by Gasteiger charge is 2.21. The Balaban J connectivity index is 1.75. The van der Waals surface area contributed by atoms with E-state index in [0.29, 0.717) is 11.3 Å². The van der Waals surface area contributed by atoms with Gasteiger partial charge in [-0.15, -0.1) is 0 Å². The van der Waals surface area contributed by atoms with Gasteiger partial charge in [0.1, 0.15) is 6.54 Å². The molecule has 9 nitrogen and oxygen atoms in total. The number of nitrogens with one attached hydrogen (secondary N) is 3. The van der Waals surface area contributed by atoms with Crippen molar-refractivity contribution in [2.75, 3.05) is 23.7 Å². The molecule has 0 bridgehead atoms. The molecule has 0 aliphatic rings. The quantitative estimate of drug-likeness (QED) is 0.411. The van der Waals surface area contributed by atoms with Gasteiger partial charge in [-0.1, -0.05) is 24.3 Å². The molecule has 0 radical (unpaired) electrons. The fraction of sp³-hybridized carbons (Fsp3) is 0.160. The number of esters is 1. The molecule has 2 amide bonds. The molecule has 3 N–H and O–H groups in total. The van der Waals surface area contributed by atoms with Gasteiger partial charge in [-0.3, -0.25) is 19.1 Å². The van der Waals surface area contributed by atoms with E-state index in [1.54, 1.807) is 38.1 Å². The third-order valence-corrected chi connectivity index (χ3v) is 6.58. The van der Waals surface area contributed by atoms with Crippen LogP contribution >= 0.6 is 0 Å². The molecule has 3 aromatic rings. The third-order valence-electron chi connectivity index (χ3n) is 5.08. The summed E-state index contributed by atoms with van der Waals surface area (Å²) in [4.78, 5) is 36.3. The Labute approximate surface area is 203 Å². The summed E-state index contributed by atoms with van der Waals surface area (Å²) in [5.74, 6) is -1.58. The topological polar surface area (TPSA) is 131 Å². The second kappa shape index (κ2) is 10.8. The number of methoxy groups -OCH3 is 1. The molecule has 0 atom stereocenters. The van der Waals surface area contributed by atoms with Crippen LogP contribution in [0.4, 0.5) is 11.4 Å². The van der Waals surface area contributed by atoms with Crippen LogP contribution < -0.4 is 15.4 Å². The van der Waals surface area contributed by atoms with Crippen LogP contribution in [0, 0.1) is 13.8 Å². The molecule has 0 aliphatic carbocycles. The number of rotatable bonds is 8. The van der Waals surface area contributed by atoms with Crippen LogP contribution in [-0.2, 0) is 19.6 Å². The summed E-state index contributed by atoms with van der Waals surface area (Å²) in [7, 11) is -2.71. The number of carbonyl (C=O) groups is 3. The minimum absolute atomic E-state index is 0.126. The Morgan fingerprint density at radius 3 is 2.26 bits per heavy atom. The van der Waals surface area contributed by atoms with E-state index in [1.165, 1.54) is 43.5 Å². The first-order valence-corrected chi connectivity index (χ1v) is 12.0. The average Bonchev–Trinajstić information content (AvgIpc) is 2.84. The van der Waals surface area contributed by atoms with E-state index in [2.05, 4.69) is 20.1 Å². The molecule has 0 saturated carbocycles. The van der Waals surface area contributed by atoms with Crippen molar-refractivity contribution in [1.29, 1.82) is 0 Å². The summed E-state index contributed by atoms with van der Waals surface area (Å²) in [6.45, 7) is 3.24. The van der Waals surface area contributed by atoms with E-state index in [-0.39, 0.29) is 28.3 Å². The number of sulfonamides is 1. The zero-order valence-electron chi connectivity index (χ0n) is 19.4. The number of benzene rings is 3. The predicted molar refractivity (Wildman–Crippen MR) is 132 cm³/mol. The van der Waals surface area contributed by atoms with Crippen LogP contribution in [0.25, 0.3) is 0 Å². The zero-order chi connectivity index (χ0) is 25.6. The van der Waals surface area contributed by atoms with Crippen molar-refractivity contribution < 1.29 is 27.5 Å². The highest BCUT2D eigenvalue weighted by Crippen LogP contribution is 2.24. The molecule has 0 aromatic heterocycles. The van der Waals surface area contributed by atoms with Crippen molar-refractivity contribution in [2.24, 2.45) is 0 Å². The number of para-hydroxylation sites is 1. The van der Waals surface area contributed by atoms with E-state index in [1.807, 2.05) is 6.07 Å². The van der Waals surface area contributed by atoms with Gasteiger partial charge in [0.2, 0.25) is 0 Å². The van der Waals surface area contributed by atoms with Crippen LogP contribution in [0.3, 0.4) is 0 Å². The number of anilines is 2. The van der Waals surface area contributed by atoms with E-state index in [0.717, 1.165) is 5.56 Å². The first-order chi connectivity index (χ1) is 16.6. The standard InChI is InChI=1S/C25H25N3O6S/c1-16-8-9-17(2)22(14-16)35(32,33)28-21-7-5-4-6-20(21)25(31)27-19-12-10-18(11-13-19)24(30)26-15-23(29)34-3/h4-14,28H,15H2,1-3H3,(H,26,30)(H,27,31). The van der Waals surface area contributed by atoms with Crippen molar-refractivity contribution >= 4 is 39.2 Å². The number of aryl methyl sites for hydroxylation is 2. The molecule has 182 valence electrons. The smallest absolute Gasteiger partial charge is 0.325 e. The number of hydrogen-bond donors (Lipinski definition) is 3. The number of hydrogen-bond acceptors (Lipinski definition) is 6. The van der Waals surface area contributed by atoms with Gasteiger partial charge in [0.05, 0.1) is 23.3 Å². The maximum absolute atomic E-state index is 13.0. The number of amides is 2. The normalized spacial score (nSPS) is 10.8. The number of carbonyl (C=O) groups excluding carboxylic acids is 3. The van der Waals surface area contributed by atoms with Crippen molar-refractivity contribution in [3.05, 3.63) is 89.0 Å². The number of ether oxygens (including phenoxy) is 1. The summed E-state index contributed by atoms with van der Waals surface area (Å²) in [5.41, 5.74) is 2.32. The molecular weight excluding hydrogens is 470 g/mol. The first-order valence-electron chi connectivity index (χ1n) is 10.6. The Bertz CT molecular complexity index is 1370. The lowest BCUT2D eigenvalue weighted by Crippen LogP contribution is -2.30. The van der Waals surface area contributed by atoms with E-state index >= 15 is 0 Å². The monoisotopic (exact) mass is 495 g/mol. The van der Waals surface area contributed by atoms with Crippen LogP contribution in [0.5, 0.6) is 0 Å². The Hall–Kier alpha value is -4.18. The van der Waals surface area contributed by atoms with Crippen LogP contribution in [0.2, 0.25) is 0 Å². The van der Waals surface area contributed by atoms with Crippen molar-refractivity contribution in [3.8, 4) is 0 Å². The molecule has 0 aliphatic heterocycles. The predicted octanol–water partition coefficient (Wildman–Crippen LogP) is 3.26. The lowest BCUT2D eigenvalue weighted by molar-refractivity contribution is -0.139. The van der Waals surface area contributed by atoms with Gasteiger partial charge in [0, 0.05) is 11.3 Å². The molecule has 3 aromatic carbocycles. The van der Waals surface area contributed by atoms with Crippen LogP contribution in [-0.4, -0.2) is 39.9 Å². The molecule has 3 rings (SSSR count). The second-order valence-corrected chi connectivity index (χ2v) is 9.36. The molecule has 10 heteroatoms. The van der Waals surface area contributed by atoms with E-state index in [9.17, 15) is 22.8 Å². The highest BCUT2D eigenvalue weighted by atomic mass is 32.2. The summed E-state index contributed by atoms with van der Waals surface area (Å²) < 4.78 is 33.0. The summed E-state index contributed by atoms with van der Waals surface area (Å²) >= 11 is 0. The fourth-order valence-electron chi connectivity index (χ4n) is 3.20. The Kier molecular flexibility index (Phi) is 7.87. The molecule has 0 spiro atoms. The van der Waals surface area contributed by atoms with Crippen LogP contribution in [0.1, 0.15) is 31.8 Å². The van der Waals surface area contributed by atoms with Gasteiger partial charge in [-0.25, -0.2) is 8.42 Å². The SMILES string of the molecule is COC(=O)CNC(=O)c1ccc(NC(=O)c2ccccc2NS(=O)(=O)c2cc(C)ccc2C)cc1. The molecule has 0 unspecified atom stereocenters.